The number of hydrogen-bond acceptors (Lipinski definition) is 2. The van der Waals surface area contributed by atoms with E-state index < -0.39 is 11.4 Å². The normalized spacial score (nSPS) is 18.1. The lowest BCUT2D eigenvalue weighted by Gasteiger charge is -2.36. The van der Waals surface area contributed by atoms with E-state index in [1.807, 2.05) is 19.1 Å². The third-order valence-corrected chi connectivity index (χ3v) is 4.74. The Balaban J connectivity index is 2.66. The molecule has 4 heteroatoms. The van der Waals surface area contributed by atoms with Crippen LogP contribution in [-0.2, 0) is 10.2 Å². The van der Waals surface area contributed by atoms with E-state index >= 15 is 0 Å². The Kier molecular flexibility index (Phi) is 4.19. The molecular formula is C15H19BrO3. The first kappa shape index (κ1) is 14.4. The van der Waals surface area contributed by atoms with Crippen LogP contribution in [0.15, 0.2) is 16.6 Å². The molecule has 1 N–H and O–H groups in total. The molecule has 0 bridgehead atoms. The maximum Gasteiger partial charge on any atom is 0.314 e. The molecule has 0 spiro atoms. The van der Waals surface area contributed by atoms with Crippen molar-refractivity contribution in [2.45, 2.75) is 44.4 Å². The van der Waals surface area contributed by atoms with E-state index in [1.54, 1.807) is 7.11 Å². The van der Waals surface area contributed by atoms with Gasteiger partial charge in [0.2, 0.25) is 0 Å². The van der Waals surface area contributed by atoms with Crippen LogP contribution in [0.2, 0.25) is 0 Å². The number of ether oxygens (including phenoxy) is 1. The highest BCUT2D eigenvalue weighted by Gasteiger charge is 2.44. The molecule has 0 aromatic heterocycles. The summed E-state index contributed by atoms with van der Waals surface area (Å²) in [6.07, 6.45) is 4.42. The van der Waals surface area contributed by atoms with Gasteiger partial charge in [0.25, 0.3) is 0 Å². The highest BCUT2D eigenvalue weighted by molar-refractivity contribution is 9.10. The molecule has 0 aliphatic heterocycles. The largest absolute Gasteiger partial charge is 0.495 e. The summed E-state index contributed by atoms with van der Waals surface area (Å²) in [4.78, 5) is 11.9. The molecule has 1 aromatic carbocycles. The maximum absolute atomic E-state index is 11.9. The van der Waals surface area contributed by atoms with Crippen LogP contribution in [0.3, 0.4) is 0 Å². The molecule has 1 aliphatic carbocycles. The quantitative estimate of drug-likeness (QED) is 0.911. The third kappa shape index (κ3) is 2.38. The standard InChI is InChI=1S/C15H19BrO3/c1-10-6-7-11(16)13(19-2)12(10)15(14(17)18)8-4-3-5-9-15/h6-7H,3-5,8-9H2,1-2H3,(H,17,18). The molecule has 0 heterocycles. The lowest BCUT2D eigenvalue weighted by Crippen LogP contribution is -2.39. The summed E-state index contributed by atoms with van der Waals surface area (Å²) in [5.74, 6) is -0.0593. The Morgan fingerprint density at radius 3 is 2.47 bits per heavy atom. The average Bonchev–Trinajstić information content (AvgIpc) is 2.41. The van der Waals surface area contributed by atoms with Crippen LogP contribution in [0, 0.1) is 6.92 Å². The minimum absolute atomic E-state index is 0.671. The second-order valence-corrected chi connectivity index (χ2v) is 6.07. The number of benzene rings is 1. The van der Waals surface area contributed by atoms with Crippen molar-refractivity contribution in [3.8, 4) is 5.75 Å². The predicted octanol–water partition coefficient (Wildman–Crippen LogP) is 4.05. The van der Waals surface area contributed by atoms with Crippen LogP contribution in [0.1, 0.15) is 43.2 Å². The fourth-order valence-corrected chi connectivity index (χ4v) is 3.67. The second-order valence-electron chi connectivity index (χ2n) is 5.22. The van der Waals surface area contributed by atoms with E-state index in [4.69, 9.17) is 4.74 Å². The van der Waals surface area contributed by atoms with Crippen LogP contribution < -0.4 is 4.74 Å². The number of aryl methyl sites for hydroxylation is 1. The number of hydrogen-bond donors (Lipinski definition) is 1. The van der Waals surface area contributed by atoms with Gasteiger partial charge in [-0.2, -0.15) is 0 Å². The van der Waals surface area contributed by atoms with Gasteiger partial charge in [0.1, 0.15) is 5.75 Å². The number of halogens is 1. The molecule has 0 radical (unpaired) electrons. The van der Waals surface area contributed by atoms with Crippen LogP contribution in [0.25, 0.3) is 0 Å². The lowest BCUT2D eigenvalue weighted by molar-refractivity contribution is -0.145. The van der Waals surface area contributed by atoms with Crippen molar-refractivity contribution in [2.24, 2.45) is 0 Å². The SMILES string of the molecule is COc1c(Br)ccc(C)c1C1(C(=O)O)CCCCC1. The summed E-state index contributed by atoms with van der Waals surface area (Å²) in [5.41, 5.74) is 1.04. The van der Waals surface area contributed by atoms with Crippen molar-refractivity contribution in [3.05, 3.63) is 27.7 Å². The van der Waals surface area contributed by atoms with E-state index in [-0.39, 0.29) is 0 Å². The molecule has 19 heavy (non-hydrogen) atoms. The number of aliphatic carboxylic acids is 1. The molecule has 1 saturated carbocycles. The highest BCUT2D eigenvalue weighted by atomic mass is 79.9. The van der Waals surface area contributed by atoms with Crippen molar-refractivity contribution in [1.82, 2.24) is 0 Å². The van der Waals surface area contributed by atoms with Gasteiger partial charge in [0.05, 0.1) is 17.0 Å². The van der Waals surface area contributed by atoms with Crippen molar-refractivity contribution in [3.63, 3.8) is 0 Å². The number of rotatable bonds is 3. The maximum atomic E-state index is 11.9. The first-order valence-corrected chi connectivity index (χ1v) is 7.39. The predicted molar refractivity (Wildman–Crippen MR) is 77.8 cm³/mol. The number of carboxylic acid groups (broad SMARTS) is 1. The van der Waals surface area contributed by atoms with Gasteiger partial charge in [-0.05, 0) is 47.3 Å². The summed E-state index contributed by atoms with van der Waals surface area (Å²) in [6, 6.07) is 3.87. The number of carboxylic acids is 1. The minimum Gasteiger partial charge on any atom is -0.495 e. The molecule has 104 valence electrons. The topological polar surface area (TPSA) is 46.5 Å². The molecule has 3 nitrogen and oxygen atoms in total. The zero-order valence-corrected chi connectivity index (χ0v) is 12.9. The Morgan fingerprint density at radius 1 is 1.32 bits per heavy atom. The second kappa shape index (κ2) is 5.53. The van der Waals surface area contributed by atoms with E-state index in [1.165, 1.54) is 0 Å². The highest BCUT2D eigenvalue weighted by Crippen LogP contribution is 2.47. The van der Waals surface area contributed by atoms with Gasteiger partial charge in [-0.3, -0.25) is 4.79 Å². The zero-order valence-electron chi connectivity index (χ0n) is 11.3. The first-order chi connectivity index (χ1) is 9.03. The summed E-state index contributed by atoms with van der Waals surface area (Å²) in [5, 5.41) is 9.81. The Hall–Kier alpha value is -1.03. The summed E-state index contributed by atoms with van der Waals surface area (Å²) in [7, 11) is 1.60. The molecule has 0 saturated heterocycles. The first-order valence-electron chi connectivity index (χ1n) is 6.60. The van der Waals surface area contributed by atoms with Gasteiger partial charge in [-0.1, -0.05) is 25.3 Å². The lowest BCUT2D eigenvalue weighted by atomic mass is 9.68. The summed E-state index contributed by atoms with van der Waals surface area (Å²) in [6.45, 7) is 1.96. The van der Waals surface area contributed by atoms with E-state index in [9.17, 15) is 9.90 Å². The van der Waals surface area contributed by atoms with Gasteiger partial charge in [0.15, 0.2) is 0 Å². The monoisotopic (exact) mass is 326 g/mol. The van der Waals surface area contributed by atoms with E-state index in [0.717, 1.165) is 34.9 Å². The van der Waals surface area contributed by atoms with Crippen LogP contribution in [0.5, 0.6) is 5.75 Å². The molecule has 1 aliphatic rings. The molecule has 1 fully saturated rings. The van der Waals surface area contributed by atoms with Gasteiger partial charge < -0.3 is 9.84 Å². The van der Waals surface area contributed by atoms with Gasteiger partial charge >= 0.3 is 5.97 Å². The molecule has 0 unspecified atom stereocenters. The average molecular weight is 327 g/mol. The smallest absolute Gasteiger partial charge is 0.314 e. The van der Waals surface area contributed by atoms with Gasteiger partial charge in [-0.25, -0.2) is 0 Å². The van der Waals surface area contributed by atoms with Crippen LogP contribution in [-0.4, -0.2) is 18.2 Å². The van der Waals surface area contributed by atoms with Crippen molar-refractivity contribution >= 4 is 21.9 Å². The van der Waals surface area contributed by atoms with Crippen molar-refractivity contribution in [2.75, 3.05) is 7.11 Å². The van der Waals surface area contributed by atoms with Crippen molar-refractivity contribution in [1.29, 1.82) is 0 Å². The van der Waals surface area contributed by atoms with Gasteiger partial charge in [-0.15, -0.1) is 0 Å². The Bertz CT molecular complexity index is 490. The summed E-state index contributed by atoms with van der Waals surface area (Å²) >= 11 is 3.46. The Labute approximate surface area is 122 Å². The number of carbonyl (C=O) groups is 1. The number of methoxy groups -OCH3 is 1. The fraction of sp³-hybridized carbons (Fsp3) is 0.533. The minimum atomic E-state index is -0.794. The van der Waals surface area contributed by atoms with Crippen LogP contribution >= 0.6 is 15.9 Å². The molecule has 1 aromatic rings. The van der Waals surface area contributed by atoms with E-state index in [2.05, 4.69) is 15.9 Å². The molecule has 0 atom stereocenters. The molecule has 2 rings (SSSR count). The third-order valence-electron chi connectivity index (χ3n) is 4.12. The van der Waals surface area contributed by atoms with Crippen LogP contribution in [0.4, 0.5) is 0 Å². The van der Waals surface area contributed by atoms with E-state index in [0.29, 0.717) is 18.6 Å². The fourth-order valence-electron chi connectivity index (χ4n) is 3.18. The molecular weight excluding hydrogens is 308 g/mol. The molecule has 0 amide bonds. The summed E-state index contributed by atoms with van der Waals surface area (Å²) < 4.78 is 6.30. The van der Waals surface area contributed by atoms with Crippen molar-refractivity contribution < 1.29 is 14.6 Å². The Morgan fingerprint density at radius 2 is 1.95 bits per heavy atom. The zero-order chi connectivity index (χ0) is 14.0. The van der Waals surface area contributed by atoms with Gasteiger partial charge in [0, 0.05) is 5.56 Å².